The summed E-state index contributed by atoms with van der Waals surface area (Å²) in [5.74, 6) is 0. The Morgan fingerprint density at radius 1 is 0.857 bits per heavy atom. The van der Waals surface area contributed by atoms with Gasteiger partial charge in [-0.2, -0.15) is 26.3 Å². The van der Waals surface area contributed by atoms with Crippen molar-refractivity contribution < 1.29 is 26.3 Å². The summed E-state index contributed by atoms with van der Waals surface area (Å²) in [6, 6.07) is 1.41. The van der Waals surface area contributed by atoms with Crippen molar-refractivity contribution in [2.24, 2.45) is 11.5 Å². The Bertz CT molecular complexity index is 648. The zero-order chi connectivity index (χ0) is 21.5. The van der Waals surface area contributed by atoms with Crippen LogP contribution in [0, 0.1) is 0 Å². The predicted octanol–water partition coefficient (Wildman–Crippen LogP) is 4.53. The Labute approximate surface area is 169 Å². The number of benzene rings is 1. The summed E-state index contributed by atoms with van der Waals surface area (Å²) in [7, 11) is 0. The number of nitrogens with one attached hydrogen (secondary N) is 2. The first-order valence-electron chi connectivity index (χ1n) is 8.21. The summed E-state index contributed by atoms with van der Waals surface area (Å²) >= 11 is 9.10. The summed E-state index contributed by atoms with van der Waals surface area (Å²) < 4.78 is 76.8. The van der Waals surface area contributed by atoms with Gasteiger partial charge in [-0.15, -0.1) is 0 Å². The number of thiocarbonyl (C=S) groups is 2. The highest BCUT2D eigenvalue weighted by atomic mass is 32.1. The van der Waals surface area contributed by atoms with Crippen LogP contribution in [-0.2, 0) is 12.4 Å². The molecule has 1 fully saturated rings. The summed E-state index contributed by atoms with van der Waals surface area (Å²) in [5.41, 5.74) is 6.15. The van der Waals surface area contributed by atoms with Crippen LogP contribution in [0.3, 0.4) is 0 Å². The molecule has 1 saturated carbocycles. The van der Waals surface area contributed by atoms with Gasteiger partial charge in [-0.25, -0.2) is 0 Å². The van der Waals surface area contributed by atoms with E-state index in [0.717, 1.165) is 32.1 Å². The summed E-state index contributed by atoms with van der Waals surface area (Å²) in [6.07, 6.45) is -4.87. The normalized spacial score (nSPS) is 15.2. The molecule has 1 aliphatic carbocycles. The van der Waals surface area contributed by atoms with Gasteiger partial charge >= 0.3 is 12.4 Å². The van der Waals surface area contributed by atoms with Gasteiger partial charge in [0.05, 0.1) is 11.1 Å². The summed E-state index contributed by atoms with van der Waals surface area (Å²) in [6.45, 7) is 0. The average Bonchev–Trinajstić information content (AvgIpc) is 2.53. The Balaban J connectivity index is 0.000000892. The van der Waals surface area contributed by atoms with Crippen LogP contribution in [0.5, 0.6) is 0 Å². The molecule has 0 heterocycles. The minimum absolute atomic E-state index is 0.000000000000000222. The van der Waals surface area contributed by atoms with Crippen molar-refractivity contribution in [3.05, 3.63) is 29.3 Å². The first-order valence-corrected chi connectivity index (χ1v) is 9.02. The molecule has 0 atom stereocenters. The fourth-order valence-corrected chi connectivity index (χ4v) is 2.91. The lowest BCUT2D eigenvalue weighted by molar-refractivity contribution is -0.143. The molecule has 0 aliphatic heterocycles. The highest BCUT2D eigenvalue weighted by molar-refractivity contribution is 7.80. The van der Waals surface area contributed by atoms with Gasteiger partial charge in [0.25, 0.3) is 0 Å². The third-order valence-electron chi connectivity index (χ3n) is 3.79. The number of anilines is 1. The molecule has 4 nitrogen and oxygen atoms in total. The molecule has 0 amide bonds. The van der Waals surface area contributed by atoms with Crippen LogP contribution in [0.4, 0.5) is 32.0 Å². The molecule has 2 rings (SSSR count). The smallest absolute Gasteiger partial charge is 0.377 e. The standard InChI is InChI=1S/C15H16F6N2S.CH4N2S/c16-14(17,18)9-6-10(15(19,20)21)8-12(7-9)23-13(24)22-11-4-2-1-3-5-11;2-1(3)4/h6-8,11H,1-5H2,(H2,22,23,24);(H4,2,3,4). The van der Waals surface area contributed by atoms with E-state index >= 15 is 0 Å². The molecule has 0 saturated heterocycles. The van der Waals surface area contributed by atoms with Gasteiger partial charge in [-0.3, -0.25) is 0 Å². The van der Waals surface area contributed by atoms with Gasteiger partial charge in [0, 0.05) is 11.7 Å². The quantitative estimate of drug-likeness (QED) is 0.395. The van der Waals surface area contributed by atoms with Gasteiger partial charge in [-0.05, 0) is 55.5 Å². The molecule has 1 aromatic rings. The number of rotatable bonds is 2. The van der Waals surface area contributed by atoms with Crippen LogP contribution in [-0.4, -0.2) is 16.3 Å². The van der Waals surface area contributed by atoms with Crippen molar-refractivity contribution in [3.8, 4) is 0 Å². The molecule has 0 unspecified atom stereocenters. The highest BCUT2D eigenvalue weighted by Crippen LogP contribution is 2.37. The lowest BCUT2D eigenvalue weighted by atomic mass is 9.96. The second kappa shape index (κ2) is 10.1. The molecule has 1 aliphatic rings. The van der Waals surface area contributed by atoms with E-state index in [1.54, 1.807) is 0 Å². The second-order valence-corrected chi connectivity index (χ2v) is 7.01. The van der Waals surface area contributed by atoms with Crippen LogP contribution in [0.15, 0.2) is 18.2 Å². The number of halogens is 6. The molecule has 28 heavy (non-hydrogen) atoms. The van der Waals surface area contributed by atoms with E-state index in [9.17, 15) is 26.3 Å². The molecule has 0 radical (unpaired) electrons. The summed E-state index contributed by atoms with van der Waals surface area (Å²) in [4.78, 5) is 0. The van der Waals surface area contributed by atoms with Crippen LogP contribution in [0.25, 0.3) is 0 Å². The Morgan fingerprint density at radius 3 is 1.68 bits per heavy atom. The van der Waals surface area contributed by atoms with Crippen molar-refractivity contribution in [2.45, 2.75) is 50.5 Å². The first kappa shape index (κ1) is 24.2. The molecule has 1 aromatic carbocycles. The van der Waals surface area contributed by atoms with Crippen LogP contribution in [0.2, 0.25) is 0 Å². The van der Waals surface area contributed by atoms with E-state index in [1.807, 2.05) is 0 Å². The molecule has 0 aromatic heterocycles. The van der Waals surface area contributed by atoms with Crippen molar-refractivity contribution in [1.29, 1.82) is 0 Å². The van der Waals surface area contributed by atoms with Gasteiger partial charge in [0.2, 0.25) is 0 Å². The van der Waals surface area contributed by atoms with E-state index in [4.69, 9.17) is 12.2 Å². The largest absolute Gasteiger partial charge is 0.416 e. The fourth-order valence-electron chi connectivity index (χ4n) is 2.63. The van der Waals surface area contributed by atoms with E-state index in [0.29, 0.717) is 12.1 Å². The molecule has 158 valence electrons. The molecule has 6 N–H and O–H groups in total. The third-order valence-corrected chi connectivity index (χ3v) is 4.01. The van der Waals surface area contributed by atoms with Gasteiger partial charge in [-0.1, -0.05) is 19.3 Å². The number of nitrogens with two attached hydrogens (primary N) is 2. The number of hydrogen-bond donors (Lipinski definition) is 4. The van der Waals surface area contributed by atoms with Crippen molar-refractivity contribution >= 4 is 40.3 Å². The van der Waals surface area contributed by atoms with E-state index < -0.39 is 23.5 Å². The molecule has 0 spiro atoms. The summed E-state index contributed by atoms with van der Waals surface area (Å²) in [5, 5.41) is 5.40. The Hall–Kier alpha value is -1.82. The van der Waals surface area contributed by atoms with Crippen molar-refractivity contribution in [1.82, 2.24) is 5.32 Å². The Morgan fingerprint density at radius 2 is 1.29 bits per heavy atom. The van der Waals surface area contributed by atoms with Gasteiger partial charge in [0.15, 0.2) is 10.2 Å². The predicted molar refractivity (Wildman–Crippen MR) is 104 cm³/mol. The first-order chi connectivity index (χ1) is 12.8. The SMILES string of the molecule is FC(F)(F)c1cc(NC(=S)NC2CCCCC2)cc(C(F)(F)F)c1.NC(N)=S. The lowest BCUT2D eigenvalue weighted by Crippen LogP contribution is -2.38. The molecular weight excluding hydrogens is 426 g/mol. The van der Waals surface area contributed by atoms with E-state index in [-0.39, 0.29) is 28.0 Å². The molecular formula is C16H20F6N4S2. The van der Waals surface area contributed by atoms with Crippen LogP contribution < -0.4 is 22.1 Å². The fraction of sp³-hybridized carbons (Fsp3) is 0.500. The maximum Gasteiger partial charge on any atom is 0.416 e. The maximum absolute atomic E-state index is 12.8. The molecule has 0 bridgehead atoms. The zero-order valence-electron chi connectivity index (χ0n) is 14.6. The van der Waals surface area contributed by atoms with Crippen LogP contribution in [0.1, 0.15) is 43.2 Å². The van der Waals surface area contributed by atoms with Crippen molar-refractivity contribution in [3.63, 3.8) is 0 Å². The minimum Gasteiger partial charge on any atom is -0.377 e. The zero-order valence-corrected chi connectivity index (χ0v) is 16.2. The monoisotopic (exact) mass is 446 g/mol. The topological polar surface area (TPSA) is 76.1 Å². The third kappa shape index (κ3) is 8.91. The molecule has 12 heteroatoms. The second-order valence-electron chi connectivity index (χ2n) is 6.13. The minimum atomic E-state index is -4.88. The van der Waals surface area contributed by atoms with Crippen LogP contribution >= 0.6 is 24.4 Å². The highest BCUT2D eigenvalue weighted by Gasteiger charge is 2.37. The average molecular weight is 446 g/mol. The number of hydrogen-bond acceptors (Lipinski definition) is 2. The Kier molecular flexibility index (Phi) is 8.74. The number of alkyl halides is 6. The maximum atomic E-state index is 12.8. The van der Waals surface area contributed by atoms with Gasteiger partial charge < -0.3 is 22.1 Å². The van der Waals surface area contributed by atoms with E-state index in [1.165, 1.54) is 0 Å². The lowest BCUT2D eigenvalue weighted by Gasteiger charge is -2.24. The van der Waals surface area contributed by atoms with Crippen molar-refractivity contribution in [2.75, 3.05) is 5.32 Å². The van der Waals surface area contributed by atoms with Gasteiger partial charge in [0.1, 0.15) is 0 Å². The van der Waals surface area contributed by atoms with E-state index in [2.05, 4.69) is 34.3 Å².